The van der Waals surface area contributed by atoms with Gasteiger partial charge in [0.2, 0.25) is 0 Å². The fraction of sp³-hybridized carbons (Fsp3) is 0.294. The Kier molecular flexibility index (Phi) is 5.25. The summed E-state index contributed by atoms with van der Waals surface area (Å²) in [4.78, 5) is 0.314. The molecule has 4 nitrogen and oxygen atoms in total. The van der Waals surface area contributed by atoms with Gasteiger partial charge in [0.15, 0.2) is 0 Å². The number of benzene rings is 2. The lowest BCUT2D eigenvalue weighted by Crippen LogP contribution is -2.17. The van der Waals surface area contributed by atoms with E-state index in [0.717, 1.165) is 14.7 Å². The van der Waals surface area contributed by atoms with Crippen LogP contribution >= 0.6 is 22.6 Å². The molecule has 0 saturated carbocycles. The average molecular weight is 445 g/mol. The topological polar surface area (TPSA) is 55.4 Å². The van der Waals surface area contributed by atoms with E-state index >= 15 is 0 Å². The van der Waals surface area contributed by atoms with Gasteiger partial charge in [-0.05, 0) is 96.8 Å². The summed E-state index contributed by atoms with van der Waals surface area (Å²) in [5, 5.41) is 0. The number of hydrogen-bond acceptors (Lipinski definition) is 3. The van der Waals surface area contributed by atoms with Gasteiger partial charge >= 0.3 is 0 Å². The number of aryl methyl sites for hydroxylation is 2. The molecule has 0 aliphatic rings. The molecule has 0 unspecified atom stereocenters. The van der Waals surface area contributed by atoms with Crippen molar-refractivity contribution < 1.29 is 13.2 Å². The van der Waals surface area contributed by atoms with Crippen molar-refractivity contribution in [2.75, 3.05) is 11.8 Å². The minimum absolute atomic E-state index is 0.314. The maximum absolute atomic E-state index is 12.9. The summed E-state index contributed by atoms with van der Waals surface area (Å²) in [6.07, 6.45) is 0. The van der Waals surface area contributed by atoms with Gasteiger partial charge < -0.3 is 4.74 Å². The first-order chi connectivity index (χ1) is 10.7. The highest BCUT2D eigenvalue weighted by molar-refractivity contribution is 14.1. The normalized spacial score (nSPS) is 11.4. The molecule has 2 aromatic carbocycles. The Bertz CT molecular complexity index is 861. The van der Waals surface area contributed by atoms with Gasteiger partial charge in [-0.2, -0.15) is 0 Å². The highest BCUT2D eigenvalue weighted by Crippen LogP contribution is 2.32. The fourth-order valence-electron chi connectivity index (χ4n) is 2.58. The molecular weight excluding hydrogens is 425 g/mol. The van der Waals surface area contributed by atoms with E-state index in [0.29, 0.717) is 27.5 Å². The lowest BCUT2D eigenvalue weighted by molar-refractivity contribution is 0.410. The van der Waals surface area contributed by atoms with Crippen LogP contribution in [0.3, 0.4) is 0 Å². The van der Waals surface area contributed by atoms with Gasteiger partial charge in [-0.15, -0.1) is 0 Å². The minimum Gasteiger partial charge on any atom is -0.496 e. The lowest BCUT2D eigenvalue weighted by Gasteiger charge is -2.18. The predicted molar refractivity (Wildman–Crippen MR) is 102 cm³/mol. The van der Waals surface area contributed by atoms with Crippen molar-refractivity contribution in [1.29, 1.82) is 0 Å². The second-order valence-electron chi connectivity index (χ2n) is 5.54. The summed E-state index contributed by atoms with van der Waals surface area (Å²) >= 11 is 2.20. The number of sulfonamides is 1. The van der Waals surface area contributed by atoms with Crippen molar-refractivity contribution in [2.24, 2.45) is 0 Å². The third kappa shape index (κ3) is 3.63. The molecule has 0 aliphatic carbocycles. The van der Waals surface area contributed by atoms with Gasteiger partial charge in [0.05, 0.1) is 17.7 Å². The maximum atomic E-state index is 12.9. The van der Waals surface area contributed by atoms with Crippen LogP contribution in [0.25, 0.3) is 0 Å². The molecule has 1 N–H and O–H groups in total. The summed E-state index contributed by atoms with van der Waals surface area (Å²) in [6.45, 7) is 7.34. The van der Waals surface area contributed by atoms with Crippen LogP contribution in [0.15, 0.2) is 29.2 Å². The molecule has 0 spiro atoms. The van der Waals surface area contributed by atoms with Gasteiger partial charge in [-0.1, -0.05) is 0 Å². The first-order valence-electron chi connectivity index (χ1n) is 7.11. The van der Waals surface area contributed by atoms with Crippen molar-refractivity contribution >= 4 is 38.3 Å². The Morgan fingerprint density at radius 1 is 1.00 bits per heavy atom. The number of anilines is 1. The van der Waals surface area contributed by atoms with E-state index < -0.39 is 10.0 Å². The van der Waals surface area contributed by atoms with E-state index in [2.05, 4.69) is 27.3 Å². The van der Waals surface area contributed by atoms with Gasteiger partial charge in [-0.3, -0.25) is 4.72 Å². The van der Waals surface area contributed by atoms with E-state index in [-0.39, 0.29) is 0 Å². The van der Waals surface area contributed by atoms with Crippen LogP contribution in [-0.2, 0) is 10.0 Å². The monoisotopic (exact) mass is 445 g/mol. The molecule has 0 atom stereocenters. The van der Waals surface area contributed by atoms with Gasteiger partial charge in [-0.25, -0.2) is 8.42 Å². The number of methoxy groups -OCH3 is 1. The minimum atomic E-state index is -3.67. The molecule has 2 aromatic rings. The van der Waals surface area contributed by atoms with Crippen molar-refractivity contribution in [3.63, 3.8) is 0 Å². The summed E-state index contributed by atoms with van der Waals surface area (Å²) in [5.41, 5.74) is 3.69. The van der Waals surface area contributed by atoms with Gasteiger partial charge in [0, 0.05) is 3.57 Å². The summed E-state index contributed by atoms with van der Waals surface area (Å²) in [6, 6.07) is 7.37. The summed E-state index contributed by atoms with van der Waals surface area (Å²) in [5.74, 6) is 0.699. The van der Waals surface area contributed by atoms with Crippen LogP contribution in [0.2, 0.25) is 0 Å². The first-order valence-corrected chi connectivity index (χ1v) is 9.67. The van der Waals surface area contributed by atoms with Crippen LogP contribution in [0, 0.1) is 31.3 Å². The molecular formula is C17H20INO3S. The Hall–Kier alpha value is -1.28. The molecule has 0 radical (unpaired) electrons. The second-order valence-corrected chi connectivity index (χ2v) is 8.40. The van der Waals surface area contributed by atoms with E-state index in [1.54, 1.807) is 33.1 Å². The van der Waals surface area contributed by atoms with Gasteiger partial charge in [0.25, 0.3) is 10.0 Å². The molecule has 23 heavy (non-hydrogen) atoms. The van der Waals surface area contributed by atoms with E-state index in [4.69, 9.17) is 4.74 Å². The molecule has 124 valence electrons. The zero-order valence-corrected chi connectivity index (χ0v) is 16.8. The fourth-order valence-corrected chi connectivity index (χ4v) is 4.89. The van der Waals surface area contributed by atoms with Gasteiger partial charge in [0.1, 0.15) is 5.75 Å². The zero-order chi connectivity index (χ0) is 17.4. The predicted octanol–water partition coefficient (Wildman–Crippen LogP) is 4.33. The molecule has 0 amide bonds. The van der Waals surface area contributed by atoms with Crippen LogP contribution in [0.4, 0.5) is 5.69 Å². The van der Waals surface area contributed by atoms with Crippen molar-refractivity contribution in [1.82, 2.24) is 0 Å². The third-order valence-electron chi connectivity index (χ3n) is 3.90. The highest BCUT2D eigenvalue weighted by atomic mass is 127. The summed E-state index contributed by atoms with van der Waals surface area (Å²) < 4.78 is 34.8. The number of nitrogens with one attached hydrogen (secondary N) is 1. The first kappa shape index (κ1) is 18.1. The van der Waals surface area contributed by atoms with Crippen LogP contribution in [-0.4, -0.2) is 15.5 Å². The van der Waals surface area contributed by atoms with Crippen molar-refractivity contribution in [2.45, 2.75) is 32.6 Å². The molecule has 6 heteroatoms. The SMILES string of the molecule is COc1cc(C)c(S(=O)(=O)Nc2ccc(I)cc2C)c(C)c1C. The third-order valence-corrected chi connectivity index (χ3v) is 6.23. The van der Waals surface area contributed by atoms with Crippen molar-refractivity contribution in [3.8, 4) is 5.75 Å². The second kappa shape index (κ2) is 6.68. The average Bonchev–Trinajstić information content (AvgIpc) is 2.45. The number of hydrogen-bond donors (Lipinski definition) is 1. The number of ether oxygens (including phenoxy) is 1. The van der Waals surface area contributed by atoms with Crippen LogP contribution in [0.1, 0.15) is 22.3 Å². The Labute approximate surface area is 151 Å². The van der Waals surface area contributed by atoms with E-state index in [1.165, 1.54) is 0 Å². The standard InChI is InChI=1S/C17H20INO3S/c1-10-8-14(18)6-7-15(10)19-23(20,21)17-11(2)9-16(22-5)12(3)13(17)4/h6-9,19H,1-5H3. The molecule has 2 rings (SSSR count). The Balaban J connectivity index is 2.54. The molecule has 0 bridgehead atoms. The smallest absolute Gasteiger partial charge is 0.262 e. The van der Waals surface area contributed by atoms with Crippen molar-refractivity contribution in [3.05, 3.63) is 50.1 Å². The Morgan fingerprint density at radius 3 is 2.22 bits per heavy atom. The number of halogens is 1. The number of rotatable bonds is 4. The van der Waals surface area contributed by atoms with Crippen LogP contribution in [0.5, 0.6) is 5.75 Å². The maximum Gasteiger partial charge on any atom is 0.262 e. The molecule has 0 fully saturated rings. The Morgan fingerprint density at radius 2 is 1.65 bits per heavy atom. The molecule has 0 saturated heterocycles. The lowest BCUT2D eigenvalue weighted by atomic mass is 10.1. The molecule has 0 aromatic heterocycles. The molecule has 0 aliphatic heterocycles. The quantitative estimate of drug-likeness (QED) is 0.713. The highest BCUT2D eigenvalue weighted by Gasteiger charge is 2.23. The van der Waals surface area contributed by atoms with E-state index in [1.807, 2.05) is 26.0 Å². The van der Waals surface area contributed by atoms with Crippen LogP contribution < -0.4 is 9.46 Å². The van der Waals surface area contributed by atoms with E-state index in [9.17, 15) is 8.42 Å². The summed E-state index contributed by atoms with van der Waals surface area (Å²) in [7, 11) is -2.08. The largest absolute Gasteiger partial charge is 0.496 e. The molecule has 0 heterocycles. The zero-order valence-electron chi connectivity index (χ0n) is 13.8.